The van der Waals surface area contributed by atoms with Gasteiger partial charge in [0.05, 0.1) is 5.69 Å². The van der Waals surface area contributed by atoms with Crippen LogP contribution in [0.2, 0.25) is 0 Å². The van der Waals surface area contributed by atoms with Crippen molar-refractivity contribution in [2.45, 2.75) is 64.7 Å². The summed E-state index contributed by atoms with van der Waals surface area (Å²) < 4.78 is 2.85. The maximum Gasteiger partial charge on any atom is 0.0786 e. The van der Waals surface area contributed by atoms with Crippen LogP contribution in [0.25, 0.3) is 53.0 Å². The van der Waals surface area contributed by atoms with E-state index in [1.165, 1.54) is 71.2 Å². The van der Waals surface area contributed by atoms with E-state index in [0.29, 0.717) is 0 Å². The second-order valence-corrected chi connectivity index (χ2v) is 13.2. The standard InChI is InChI=1S/C35H33NS/c1-6-21-11-12-25(24-10-8-7-9-23(21)24)32-27-20-28-26-13-14-29-31(35(4,5)17-16-34(29,2)3)33(26)37-30(28)19-22(27)15-18-36-32/h7-15,18-20H,6,16-17H2,1-5H3. The van der Waals surface area contributed by atoms with Gasteiger partial charge in [-0.25, -0.2) is 0 Å². The fourth-order valence-electron chi connectivity index (χ4n) is 6.72. The van der Waals surface area contributed by atoms with E-state index in [2.05, 4.69) is 101 Å². The molecule has 37 heavy (non-hydrogen) atoms. The van der Waals surface area contributed by atoms with E-state index in [0.717, 1.165) is 12.1 Å². The molecule has 0 unspecified atom stereocenters. The van der Waals surface area contributed by atoms with Crippen LogP contribution in [0, 0.1) is 0 Å². The molecule has 1 nitrogen and oxygen atoms in total. The molecule has 0 aliphatic heterocycles. The molecule has 0 saturated heterocycles. The largest absolute Gasteiger partial charge is 0.256 e. The van der Waals surface area contributed by atoms with Crippen molar-refractivity contribution in [2.75, 3.05) is 0 Å². The predicted molar refractivity (Wildman–Crippen MR) is 162 cm³/mol. The lowest BCUT2D eigenvalue weighted by molar-refractivity contribution is 0.335. The van der Waals surface area contributed by atoms with E-state index in [1.54, 1.807) is 5.56 Å². The Hall–Kier alpha value is -3.23. The minimum Gasteiger partial charge on any atom is -0.256 e. The average Bonchev–Trinajstić information content (AvgIpc) is 3.26. The van der Waals surface area contributed by atoms with Gasteiger partial charge in [0.15, 0.2) is 0 Å². The van der Waals surface area contributed by atoms with Gasteiger partial charge in [-0.15, -0.1) is 11.3 Å². The Morgan fingerprint density at radius 1 is 0.757 bits per heavy atom. The molecule has 6 aromatic rings. The number of nitrogens with zero attached hydrogens (tertiary/aromatic N) is 1. The van der Waals surface area contributed by atoms with Crippen LogP contribution >= 0.6 is 11.3 Å². The number of hydrogen-bond acceptors (Lipinski definition) is 2. The lowest BCUT2D eigenvalue weighted by atomic mass is 9.63. The SMILES string of the molecule is CCc1ccc(-c2nccc3cc4sc5c6c(ccc5c4cc23)C(C)(C)CCC6(C)C)c2ccccc12. The summed E-state index contributed by atoms with van der Waals surface area (Å²) in [6.07, 6.45) is 5.49. The Balaban J connectivity index is 1.54. The zero-order valence-electron chi connectivity index (χ0n) is 22.4. The minimum atomic E-state index is 0.192. The van der Waals surface area contributed by atoms with Gasteiger partial charge in [-0.1, -0.05) is 83.1 Å². The Morgan fingerprint density at radius 3 is 2.35 bits per heavy atom. The van der Waals surface area contributed by atoms with Crippen LogP contribution in [0.15, 0.2) is 72.9 Å². The molecule has 0 fully saturated rings. The monoisotopic (exact) mass is 499 g/mol. The quantitative estimate of drug-likeness (QED) is 0.231. The van der Waals surface area contributed by atoms with Crippen molar-refractivity contribution in [2.24, 2.45) is 0 Å². The number of fused-ring (bicyclic) bond motifs is 7. The van der Waals surface area contributed by atoms with Gasteiger partial charge >= 0.3 is 0 Å². The molecule has 4 aromatic carbocycles. The van der Waals surface area contributed by atoms with Crippen LogP contribution in [0.3, 0.4) is 0 Å². The van der Waals surface area contributed by atoms with Crippen molar-refractivity contribution < 1.29 is 0 Å². The predicted octanol–water partition coefficient (Wildman–Crippen LogP) is 10.3. The van der Waals surface area contributed by atoms with Gasteiger partial charge in [0.25, 0.3) is 0 Å². The van der Waals surface area contributed by atoms with E-state index in [9.17, 15) is 0 Å². The van der Waals surface area contributed by atoms with Gasteiger partial charge in [-0.05, 0) is 81.1 Å². The van der Waals surface area contributed by atoms with Crippen molar-refractivity contribution in [3.63, 3.8) is 0 Å². The minimum absolute atomic E-state index is 0.192. The summed E-state index contributed by atoms with van der Waals surface area (Å²) in [4.78, 5) is 4.97. The zero-order chi connectivity index (χ0) is 25.5. The van der Waals surface area contributed by atoms with Gasteiger partial charge in [-0.3, -0.25) is 4.98 Å². The molecule has 0 amide bonds. The number of aromatic nitrogens is 1. The Kier molecular flexibility index (Phi) is 4.89. The van der Waals surface area contributed by atoms with Crippen LogP contribution in [0.1, 0.15) is 64.2 Å². The molecule has 2 heterocycles. The normalized spacial score (nSPS) is 16.6. The van der Waals surface area contributed by atoms with Crippen LogP contribution in [0.4, 0.5) is 0 Å². The molecule has 184 valence electrons. The molecule has 1 aliphatic carbocycles. The highest BCUT2D eigenvalue weighted by molar-refractivity contribution is 7.26. The smallest absolute Gasteiger partial charge is 0.0786 e. The van der Waals surface area contributed by atoms with Crippen LogP contribution in [-0.2, 0) is 17.3 Å². The fourth-order valence-corrected chi connectivity index (χ4v) is 8.18. The van der Waals surface area contributed by atoms with E-state index in [4.69, 9.17) is 4.98 Å². The molecular formula is C35H33NS. The second-order valence-electron chi connectivity index (χ2n) is 12.1. The van der Waals surface area contributed by atoms with E-state index in [1.807, 2.05) is 17.5 Å². The molecular weight excluding hydrogens is 466 g/mol. The van der Waals surface area contributed by atoms with Gasteiger partial charge in [0.1, 0.15) is 0 Å². The number of benzene rings is 4. The third-order valence-electron chi connectivity index (χ3n) is 8.96. The van der Waals surface area contributed by atoms with E-state index in [-0.39, 0.29) is 10.8 Å². The molecule has 0 saturated carbocycles. The van der Waals surface area contributed by atoms with Crippen LogP contribution in [0.5, 0.6) is 0 Å². The maximum atomic E-state index is 4.97. The molecule has 0 N–H and O–H groups in total. The van der Waals surface area contributed by atoms with E-state index < -0.39 is 0 Å². The summed E-state index contributed by atoms with van der Waals surface area (Å²) in [6, 6.07) is 25.2. The van der Waals surface area contributed by atoms with Crippen molar-refractivity contribution in [3.05, 3.63) is 89.6 Å². The molecule has 0 radical (unpaired) electrons. The second kappa shape index (κ2) is 7.88. The number of aryl methyl sites for hydroxylation is 1. The summed E-state index contributed by atoms with van der Waals surface area (Å²) in [6.45, 7) is 11.9. The lowest BCUT2D eigenvalue weighted by Gasteiger charge is -2.42. The summed E-state index contributed by atoms with van der Waals surface area (Å²) in [5, 5.41) is 7.88. The van der Waals surface area contributed by atoms with Crippen molar-refractivity contribution in [1.82, 2.24) is 4.98 Å². The molecule has 0 atom stereocenters. The van der Waals surface area contributed by atoms with E-state index >= 15 is 0 Å². The van der Waals surface area contributed by atoms with Crippen molar-refractivity contribution in [3.8, 4) is 11.3 Å². The summed E-state index contributed by atoms with van der Waals surface area (Å²) in [7, 11) is 0. The molecule has 7 rings (SSSR count). The molecule has 0 bridgehead atoms. The number of rotatable bonds is 2. The zero-order valence-corrected chi connectivity index (χ0v) is 23.2. The average molecular weight is 500 g/mol. The van der Waals surface area contributed by atoms with Gasteiger partial charge < -0.3 is 0 Å². The van der Waals surface area contributed by atoms with Crippen LogP contribution < -0.4 is 0 Å². The molecule has 2 aromatic heterocycles. The Labute approximate surface area is 223 Å². The Morgan fingerprint density at radius 2 is 1.54 bits per heavy atom. The number of thiophene rings is 1. The highest BCUT2D eigenvalue weighted by atomic mass is 32.1. The van der Waals surface area contributed by atoms with Crippen molar-refractivity contribution >= 4 is 53.1 Å². The third-order valence-corrected chi connectivity index (χ3v) is 10.1. The highest BCUT2D eigenvalue weighted by Crippen LogP contribution is 2.51. The number of hydrogen-bond donors (Lipinski definition) is 0. The molecule has 1 aliphatic rings. The van der Waals surface area contributed by atoms with Crippen molar-refractivity contribution in [1.29, 1.82) is 0 Å². The summed E-state index contributed by atoms with van der Waals surface area (Å²) >= 11 is 1.98. The first kappa shape index (κ1) is 22.9. The summed E-state index contributed by atoms with van der Waals surface area (Å²) in [5.74, 6) is 0. The highest BCUT2D eigenvalue weighted by Gasteiger charge is 2.38. The fraction of sp³-hybridized carbons (Fsp3) is 0.286. The maximum absolute atomic E-state index is 4.97. The lowest BCUT2D eigenvalue weighted by Crippen LogP contribution is -2.33. The third kappa shape index (κ3) is 3.31. The van der Waals surface area contributed by atoms with Gasteiger partial charge in [0, 0.05) is 37.3 Å². The molecule has 0 spiro atoms. The van der Waals surface area contributed by atoms with Gasteiger partial charge in [-0.2, -0.15) is 0 Å². The van der Waals surface area contributed by atoms with Crippen LogP contribution in [-0.4, -0.2) is 4.98 Å². The van der Waals surface area contributed by atoms with Gasteiger partial charge in [0.2, 0.25) is 0 Å². The Bertz CT molecular complexity index is 1870. The molecule has 2 heteroatoms. The first-order chi connectivity index (χ1) is 17.8. The summed E-state index contributed by atoms with van der Waals surface area (Å²) in [5.41, 5.74) is 7.22. The first-order valence-electron chi connectivity index (χ1n) is 13.6. The topological polar surface area (TPSA) is 12.9 Å². The number of pyridine rings is 1. The first-order valence-corrected chi connectivity index (χ1v) is 14.4.